The zero-order valence-electron chi connectivity index (χ0n) is 10.2. The summed E-state index contributed by atoms with van der Waals surface area (Å²) in [6, 6.07) is 10.9. The van der Waals surface area contributed by atoms with E-state index < -0.39 is 11.7 Å². The largest absolute Gasteiger partial charge is 0.416 e. The molecule has 6 heteroatoms. The van der Waals surface area contributed by atoms with Crippen molar-refractivity contribution < 1.29 is 13.2 Å². The Morgan fingerprint density at radius 2 is 1.85 bits per heavy atom. The van der Waals surface area contributed by atoms with Crippen LogP contribution < -0.4 is 5.73 Å². The number of hydrogen-bond donors (Lipinski definition) is 1. The Balaban J connectivity index is 2.21. The second-order valence-electron chi connectivity index (χ2n) is 4.16. The maximum Gasteiger partial charge on any atom is 0.416 e. The summed E-state index contributed by atoms with van der Waals surface area (Å²) in [5.41, 5.74) is 5.05. The van der Waals surface area contributed by atoms with Crippen LogP contribution in [-0.2, 0) is 11.9 Å². The van der Waals surface area contributed by atoms with Gasteiger partial charge in [-0.2, -0.15) is 13.2 Å². The first kappa shape index (κ1) is 15.1. The van der Waals surface area contributed by atoms with Gasteiger partial charge in [-0.15, -0.1) is 11.8 Å². The van der Waals surface area contributed by atoms with E-state index in [1.54, 1.807) is 24.3 Å². The van der Waals surface area contributed by atoms with Crippen LogP contribution in [0.3, 0.4) is 0 Å². The van der Waals surface area contributed by atoms with Gasteiger partial charge in [0.05, 0.1) is 5.56 Å². The van der Waals surface area contributed by atoms with Gasteiger partial charge in [0, 0.05) is 21.4 Å². The predicted molar refractivity (Wildman–Crippen MR) is 76.9 cm³/mol. The number of alkyl halides is 3. The monoisotopic (exact) mass is 317 g/mol. The zero-order valence-corrected chi connectivity index (χ0v) is 11.8. The lowest BCUT2D eigenvalue weighted by molar-refractivity contribution is -0.138. The van der Waals surface area contributed by atoms with Crippen LogP contribution >= 0.6 is 23.4 Å². The summed E-state index contributed by atoms with van der Waals surface area (Å²) in [5.74, 6) is 0.204. The molecule has 0 bridgehead atoms. The van der Waals surface area contributed by atoms with E-state index in [1.165, 1.54) is 23.9 Å². The summed E-state index contributed by atoms with van der Waals surface area (Å²) in [7, 11) is 0. The van der Waals surface area contributed by atoms with Gasteiger partial charge >= 0.3 is 6.18 Å². The molecule has 0 saturated carbocycles. The Morgan fingerprint density at radius 3 is 2.50 bits per heavy atom. The molecule has 2 aromatic rings. The van der Waals surface area contributed by atoms with Crippen molar-refractivity contribution in [1.82, 2.24) is 0 Å². The van der Waals surface area contributed by atoms with Crippen LogP contribution in [0.4, 0.5) is 18.9 Å². The third-order valence-electron chi connectivity index (χ3n) is 2.63. The standard InChI is InChI=1S/C14H11ClF3NS/c15-10-2-1-3-12(6-10)20-8-9-4-5-11(19)7-13(9)14(16,17)18/h1-7H,8,19H2. The van der Waals surface area contributed by atoms with E-state index >= 15 is 0 Å². The van der Waals surface area contributed by atoms with Crippen LogP contribution in [-0.4, -0.2) is 0 Å². The number of halogens is 4. The number of benzene rings is 2. The van der Waals surface area contributed by atoms with Crippen molar-refractivity contribution in [3.8, 4) is 0 Å². The van der Waals surface area contributed by atoms with Crippen LogP contribution in [0.2, 0.25) is 5.02 Å². The number of nitrogen functional groups attached to an aromatic ring is 1. The molecule has 0 radical (unpaired) electrons. The van der Waals surface area contributed by atoms with Gasteiger partial charge in [0.1, 0.15) is 0 Å². The van der Waals surface area contributed by atoms with Crippen molar-refractivity contribution in [2.24, 2.45) is 0 Å². The lowest BCUT2D eigenvalue weighted by Crippen LogP contribution is -2.09. The minimum Gasteiger partial charge on any atom is -0.399 e. The number of anilines is 1. The highest BCUT2D eigenvalue weighted by molar-refractivity contribution is 7.98. The van der Waals surface area contributed by atoms with Gasteiger partial charge < -0.3 is 5.73 Å². The molecule has 2 aromatic carbocycles. The second-order valence-corrected chi connectivity index (χ2v) is 5.65. The third-order valence-corrected chi connectivity index (χ3v) is 3.91. The molecular weight excluding hydrogens is 307 g/mol. The normalized spacial score (nSPS) is 11.6. The van der Waals surface area contributed by atoms with Crippen LogP contribution in [0, 0.1) is 0 Å². The molecule has 0 aliphatic carbocycles. The lowest BCUT2D eigenvalue weighted by atomic mass is 10.1. The quantitative estimate of drug-likeness (QED) is 0.619. The molecule has 0 aliphatic heterocycles. The van der Waals surface area contributed by atoms with Crippen LogP contribution in [0.15, 0.2) is 47.4 Å². The van der Waals surface area contributed by atoms with E-state index in [9.17, 15) is 13.2 Å². The van der Waals surface area contributed by atoms with Gasteiger partial charge in [0.25, 0.3) is 0 Å². The first-order valence-corrected chi connectivity index (χ1v) is 7.06. The Kier molecular flexibility index (Phi) is 4.50. The molecular formula is C14H11ClF3NS. The SMILES string of the molecule is Nc1ccc(CSc2cccc(Cl)c2)c(C(F)(F)F)c1. The number of hydrogen-bond acceptors (Lipinski definition) is 2. The third kappa shape index (κ3) is 3.84. The van der Waals surface area contributed by atoms with Crippen molar-refractivity contribution in [1.29, 1.82) is 0 Å². The van der Waals surface area contributed by atoms with Crippen LogP contribution in [0.1, 0.15) is 11.1 Å². The molecule has 0 atom stereocenters. The van der Waals surface area contributed by atoms with Gasteiger partial charge in [-0.3, -0.25) is 0 Å². The minimum absolute atomic E-state index is 0.105. The maximum absolute atomic E-state index is 12.9. The van der Waals surface area contributed by atoms with Gasteiger partial charge in [0.15, 0.2) is 0 Å². The average Bonchev–Trinajstić information content (AvgIpc) is 2.36. The van der Waals surface area contributed by atoms with E-state index in [0.29, 0.717) is 5.02 Å². The van der Waals surface area contributed by atoms with E-state index in [1.807, 2.05) is 0 Å². The average molecular weight is 318 g/mol. The molecule has 106 valence electrons. The van der Waals surface area contributed by atoms with E-state index in [4.69, 9.17) is 17.3 Å². The summed E-state index contributed by atoms with van der Waals surface area (Å²) < 4.78 is 38.8. The van der Waals surface area contributed by atoms with E-state index in [-0.39, 0.29) is 17.0 Å². The lowest BCUT2D eigenvalue weighted by Gasteiger charge is -2.13. The van der Waals surface area contributed by atoms with Gasteiger partial charge in [-0.25, -0.2) is 0 Å². The van der Waals surface area contributed by atoms with Crippen molar-refractivity contribution >= 4 is 29.1 Å². The molecule has 0 unspecified atom stereocenters. The fourth-order valence-corrected chi connectivity index (χ4v) is 2.92. The van der Waals surface area contributed by atoms with Crippen LogP contribution in [0.5, 0.6) is 0 Å². The molecule has 2 N–H and O–H groups in total. The van der Waals surface area contributed by atoms with Crippen molar-refractivity contribution in [3.05, 3.63) is 58.6 Å². The minimum atomic E-state index is -4.40. The topological polar surface area (TPSA) is 26.0 Å². The first-order valence-electron chi connectivity index (χ1n) is 5.70. The van der Waals surface area contributed by atoms with Crippen molar-refractivity contribution in [2.45, 2.75) is 16.8 Å². The Bertz CT molecular complexity index is 614. The van der Waals surface area contributed by atoms with Gasteiger partial charge in [-0.1, -0.05) is 23.7 Å². The Labute approximate surface area is 123 Å². The summed E-state index contributed by atoms with van der Waals surface area (Å²) in [6.07, 6.45) is -4.40. The zero-order chi connectivity index (χ0) is 14.8. The predicted octanol–water partition coefficient (Wildman–Crippen LogP) is 5.23. The molecule has 1 nitrogen and oxygen atoms in total. The summed E-state index contributed by atoms with van der Waals surface area (Å²) in [5, 5.41) is 0.559. The molecule has 0 saturated heterocycles. The molecule has 0 amide bonds. The number of rotatable bonds is 3. The number of nitrogens with two attached hydrogens (primary N) is 1. The first-order chi connectivity index (χ1) is 9.36. The molecule has 0 fully saturated rings. The maximum atomic E-state index is 12.9. The highest BCUT2D eigenvalue weighted by atomic mass is 35.5. The van der Waals surface area contributed by atoms with Gasteiger partial charge in [0.2, 0.25) is 0 Å². The summed E-state index contributed by atoms with van der Waals surface area (Å²) in [4.78, 5) is 0.822. The smallest absolute Gasteiger partial charge is 0.399 e. The van der Waals surface area contributed by atoms with Crippen LogP contribution in [0.25, 0.3) is 0 Å². The molecule has 0 aliphatic rings. The molecule has 0 aromatic heterocycles. The fourth-order valence-electron chi connectivity index (χ4n) is 1.70. The second kappa shape index (κ2) is 5.97. The Morgan fingerprint density at radius 1 is 1.10 bits per heavy atom. The van der Waals surface area contributed by atoms with Crippen molar-refractivity contribution in [2.75, 3.05) is 5.73 Å². The van der Waals surface area contributed by atoms with Gasteiger partial charge in [-0.05, 0) is 35.9 Å². The molecule has 20 heavy (non-hydrogen) atoms. The highest BCUT2D eigenvalue weighted by Gasteiger charge is 2.33. The highest BCUT2D eigenvalue weighted by Crippen LogP contribution is 2.36. The fraction of sp³-hybridized carbons (Fsp3) is 0.143. The summed E-state index contributed by atoms with van der Waals surface area (Å²) >= 11 is 7.14. The van der Waals surface area contributed by atoms with Crippen molar-refractivity contribution in [3.63, 3.8) is 0 Å². The summed E-state index contributed by atoms with van der Waals surface area (Å²) in [6.45, 7) is 0. The molecule has 0 heterocycles. The molecule has 2 rings (SSSR count). The van der Waals surface area contributed by atoms with E-state index in [0.717, 1.165) is 11.0 Å². The number of thioether (sulfide) groups is 1. The van der Waals surface area contributed by atoms with E-state index in [2.05, 4.69) is 0 Å². The Hall–Kier alpha value is -1.33. The molecule has 0 spiro atoms.